The van der Waals surface area contributed by atoms with E-state index >= 15 is 0 Å². The highest BCUT2D eigenvalue weighted by Gasteiger charge is 2.16. The number of nitrogens with zero attached hydrogens (tertiary/aromatic N) is 2. The summed E-state index contributed by atoms with van der Waals surface area (Å²) in [5.74, 6) is 1.66. The molecule has 0 amide bonds. The number of hydrogen-bond acceptors (Lipinski definition) is 3. The molecule has 0 atom stereocenters. The standard InChI is InChI=1S/C12H18N2O/c1-10(2)11-4-3-5-13-12(11)14-6-8-15-9-7-14/h3-5,10H,6-9H2,1-2H3. The molecule has 1 aliphatic rings. The van der Waals surface area contributed by atoms with Gasteiger partial charge in [0.25, 0.3) is 0 Å². The largest absolute Gasteiger partial charge is 0.378 e. The lowest BCUT2D eigenvalue weighted by molar-refractivity contribution is 0.122. The van der Waals surface area contributed by atoms with Crippen LogP contribution in [0.5, 0.6) is 0 Å². The molecular formula is C12H18N2O. The lowest BCUT2D eigenvalue weighted by atomic mass is 10.0. The maximum absolute atomic E-state index is 5.35. The first-order chi connectivity index (χ1) is 7.29. The van der Waals surface area contributed by atoms with Gasteiger partial charge in [-0.15, -0.1) is 0 Å². The molecule has 15 heavy (non-hydrogen) atoms. The summed E-state index contributed by atoms with van der Waals surface area (Å²) >= 11 is 0. The smallest absolute Gasteiger partial charge is 0.132 e. The number of morpholine rings is 1. The Morgan fingerprint density at radius 3 is 2.73 bits per heavy atom. The number of aromatic nitrogens is 1. The van der Waals surface area contributed by atoms with Crippen molar-refractivity contribution < 1.29 is 4.74 Å². The molecule has 0 spiro atoms. The Labute approximate surface area is 91.1 Å². The number of pyridine rings is 1. The summed E-state index contributed by atoms with van der Waals surface area (Å²) in [4.78, 5) is 6.81. The van der Waals surface area contributed by atoms with Crippen molar-refractivity contribution in [3.05, 3.63) is 23.9 Å². The lowest BCUT2D eigenvalue weighted by Gasteiger charge is -2.30. The third kappa shape index (κ3) is 2.29. The average molecular weight is 206 g/mol. The van der Waals surface area contributed by atoms with Crippen LogP contribution in [0.25, 0.3) is 0 Å². The lowest BCUT2D eigenvalue weighted by Crippen LogP contribution is -2.37. The van der Waals surface area contributed by atoms with Crippen LogP contribution in [0.3, 0.4) is 0 Å². The molecular weight excluding hydrogens is 188 g/mol. The van der Waals surface area contributed by atoms with E-state index in [-0.39, 0.29) is 0 Å². The second-order valence-electron chi connectivity index (χ2n) is 4.17. The van der Waals surface area contributed by atoms with Crippen LogP contribution in [0.4, 0.5) is 5.82 Å². The van der Waals surface area contributed by atoms with Crippen molar-refractivity contribution in [1.29, 1.82) is 0 Å². The highest BCUT2D eigenvalue weighted by molar-refractivity contribution is 5.48. The van der Waals surface area contributed by atoms with Crippen LogP contribution in [-0.4, -0.2) is 31.3 Å². The van der Waals surface area contributed by atoms with Crippen LogP contribution in [0.1, 0.15) is 25.3 Å². The molecule has 82 valence electrons. The van der Waals surface area contributed by atoms with Crippen LogP contribution in [0.15, 0.2) is 18.3 Å². The number of anilines is 1. The van der Waals surface area contributed by atoms with Gasteiger partial charge in [0.05, 0.1) is 13.2 Å². The third-order valence-electron chi connectivity index (χ3n) is 2.75. The monoisotopic (exact) mass is 206 g/mol. The predicted molar refractivity (Wildman–Crippen MR) is 61.4 cm³/mol. The maximum Gasteiger partial charge on any atom is 0.132 e. The van der Waals surface area contributed by atoms with Crippen molar-refractivity contribution >= 4 is 5.82 Å². The minimum atomic E-state index is 0.525. The van der Waals surface area contributed by atoms with E-state index in [4.69, 9.17) is 4.74 Å². The topological polar surface area (TPSA) is 25.4 Å². The molecule has 0 aromatic carbocycles. The van der Waals surface area contributed by atoms with Crippen LogP contribution in [0, 0.1) is 0 Å². The maximum atomic E-state index is 5.35. The normalized spacial score (nSPS) is 17.1. The van der Waals surface area contributed by atoms with Crippen molar-refractivity contribution in [2.45, 2.75) is 19.8 Å². The molecule has 1 fully saturated rings. The molecule has 1 aromatic rings. The Morgan fingerprint density at radius 2 is 2.07 bits per heavy atom. The van der Waals surface area contributed by atoms with E-state index in [2.05, 4.69) is 29.8 Å². The molecule has 0 bridgehead atoms. The quantitative estimate of drug-likeness (QED) is 0.740. The molecule has 0 saturated carbocycles. The van der Waals surface area contributed by atoms with Gasteiger partial charge in [0, 0.05) is 19.3 Å². The molecule has 3 nitrogen and oxygen atoms in total. The SMILES string of the molecule is CC(C)c1cccnc1N1CCOCC1. The molecule has 0 radical (unpaired) electrons. The van der Waals surface area contributed by atoms with Crippen LogP contribution in [-0.2, 0) is 4.74 Å². The summed E-state index contributed by atoms with van der Waals surface area (Å²) in [5.41, 5.74) is 1.33. The first kappa shape index (κ1) is 10.4. The minimum absolute atomic E-state index is 0.525. The number of rotatable bonds is 2. The molecule has 0 aliphatic carbocycles. The van der Waals surface area contributed by atoms with E-state index in [1.165, 1.54) is 5.56 Å². The average Bonchev–Trinajstić information content (AvgIpc) is 2.30. The van der Waals surface area contributed by atoms with E-state index in [0.717, 1.165) is 32.1 Å². The summed E-state index contributed by atoms with van der Waals surface area (Å²) in [6.45, 7) is 7.96. The number of hydrogen-bond donors (Lipinski definition) is 0. The second kappa shape index (κ2) is 4.62. The third-order valence-corrected chi connectivity index (χ3v) is 2.75. The van der Waals surface area contributed by atoms with Crippen LogP contribution >= 0.6 is 0 Å². The van der Waals surface area contributed by atoms with Crippen molar-refractivity contribution in [2.24, 2.45) is 0 Å². The fraction of sp³-hybridized carbons (Fsp3) is 0.583. The first-order valence-corrected chi connectivity index (χ1v) is 5.56. The van der Waals surface area contributed by atoms with Crippen LogP contribution in [0.2, 0.25) is 0 Å². The van der Waals surface area contributed by atoms with Crippen molar-refractivity contribution in [1.82, 2.24) is 4.98 Å². The Hall–Kier alpha value is -1.09. The summed E-state index contributed by atoms with van der Waals surface area (Å²) in [7, 11) is 0. The van der Waals surface area contributed by atoms with Gasteiger partial charge in [-0.2, -0.15) is 0 Å². The summed E-state index contributed by atoms with van der Waals surface area (Å²) in [6, 6.07) is 4.18. The predicted octanol–water partition coefficient (Wildman–Crippen LogP) is 2.04. The Balaban J connectivity index is 2.25. The van der Waals surface area contributed by atoms with Crippen LogP contribution < -0.4 is 4.90 Å². The molecule has 1 aliphatic heterocycles. The molecule has 3 heteroatoms. The Bertz CT molecular complexity index is 319. The summed E-state index contributed by atoms with van der Waals surface area (Å²) < 4.78 is 5.35. The van der Waals surface area contributed by atoms with Crippen molar-refractivity contribution in [3.63, 3.8) is 0 Å². The van der Waals surface area contributed by atoms with Crippen molar-refractivity contribution in [3.8, 4) is 0 Å². The van der Waals surface area contributed by atoms with Gasteiger partial charge in [0.1, 0.15) is 5.82 Å². The summed E-state index contributed by atoms with van der Waals surface area (Å²) in [5, 5.41) is 0. The Kier molecular flexibility index (Phi) is 3.21. The fourth-order valence-electron chi connectivity index (χ4n) is 1.90. The van der Waals surface area contributed by atoms with Gasteiger partial charge in [0.15, 0.2) is 0 Å². The Morgan fingerprint density at radius 1 is 1.33 bits per heavy atom. The van der Waals surface area contributed by atoms with Gasteiger partial charge in [0.2, 0.25) is 0 Å². The molecule has 1 aromatic heterocycles. The first-order valence-electron chi connectivity index (χ1n) is 5.56. The van der Waals surface area contributed by atoms with Gasteiger partial charge in [-0.3, -0.25) is 0 Å². The molecule has 2 heterocycles. The van der Waals surface area contributed by atoms with Gasteiger partial charge < -0.3 is 9.64 Å². The second-order valence-corrected chi connectivity index (χ2v) is 4.17. The molecule has 0 N–H and O–H groups in total. The van der Waals surface area contributed by atoms with Gasteiger partial charge in [-0.05, 0) is 17.5 Å². The van der Waals surface area contributed by atoms with Crippen molar-refractivity contribution in [2.75, 3.05) is 31.2 Å². The van der Waals surface area contributed by atoms with Gasteiger partial charge in [-0.1, -0.05) is 19.9 Å². The highest BCUT2D eigenvalue weighted by atomic mass is 16.5. The van der Waals surface area contributed by atoms with Gasteiger partial charge in [-0.25, -0.2) is 4.98 Å². The van der Waals surface area contributed by atoms with E-state index in [9.17, 15) is 0 Å². The zero-order valence-corrected chi connectivity index (χ0v) is 9.44. The van der Waals surface area contributed by atoms with E-state index in [1.54, 1.807) is 0 Å². The zero-order chi connectivity index (χ0) is 10.7. The number of ether oxygens (including phenoxy) is 1. The fourth-order valence-corrected chi connectivity index (χ4v) is 1.90. The minimum Gasteiger partial charge on any atom is -0.378 e. The van der Waals surface area contributed by atoms with E-state index < -0.39 is 0 Å². The van der Waals surface area contributed by atoms with Gasteiger partial charge >= 0.3 is 0 Å². The zero-order valence-electron chi connectivity index (χ0n) is 9.44. The van der Waals surface area contributed by atoms with E-state index in [1.807, 2.05) is 12.3 Å². The highest BCUT2D eigenvalue weighted by Crippen LogP contribution is 2.25. The molecule has 1 saturated heterocycles. The molecule has 2 rings (SSSR count). The van der Waals surface area contributed by atoms with E-state index in [0.29, 0.717) is 5.92 Å². The summed E-state index contributed by atoms with van der Waals surface area (Å²) in [6.07, 6.45) is 1.87. The molecule has 0 unspecified atom stereocenters.